The molecule has 3 heteroatoms. The molecular formula is C7H11N3+. The van der Waals surface area contributed by atoms with Gasteiger partial charge in [-0.2, -0.15) is 0 Å². The van der Waals surface area contributed by atoms with Gasteiger partial charge < -0.3 is 4.90 Å². The molecular weight excluding hydrogens is 126 g/mol. The lowest BCUT2D eigenvalue weighted by atomic mass is 10.1. The Morgan fingerprint density at radius 3 is 3.50 bits per heavy atom. The van der Waals surface area contributed by atoms with E-state index < -0.39 is 0 Å². The molecule has 0 unspecified atom stereocenters. The first kappa shape index (κ1) is 5.92. The van der Waals surface area contributed by atoms with E-state index in [1.807, 2.05) is 6.21 Å². The van der Waals surface area contributed by atoms with Crippen molar-refractivity contribution in [2.75, 3.05) is 20.1 Å². The lowest BCUT2D eigenvalue weighted by Crippen LogP contribution is -2.29. The molecule has 0 aromatic carbocycles. The van der Waals surface area contributed by atoms with Crippen molar-refractivity contribution in [1.29, 1.82) is 0 Å². The third-order valence-electron chi connectivity index (χ3n) is 1.99. The summed E-state index contributed by atoms with van der Waals surface area (Å²) in [6.07, 6.45) is 3.04. The molecule has 0 aliphatic carbocycles. The fraction of sp³-hybridized carbons (Fsp3) is 0.571. The van der Waals surface area contributed by atoms with Gasteiger partial charge in [0.1, 0.15) is 0 Å². The minimum Gasteiger partial charge on any atom is -0.301 e. The van der Waals surface area contributed by atoms with E-state index in [1.54, 1.807) is 0 Å². The van der Waals surface area contributed by atoms with Gasteiger partial charge >= 0.3 is 0 Å². The summed E-state index contributed by atoms with van der Waals surface area (Å²) in [5, 5.41) is 3.99. The van der Waals surface area contributed by atoms with Crippen molar-refractivity contribution in [2.24, 2.45) is 0 Å². The van der Waals surface area contributed by atoms with Crippen molar-refractivity contribution >= 4 is 6.21 Å². The molecule has 10 heavy (non-hydrogen) atoms. The summed E-state index contributed by atoms with van der Waals surface area (Å²) in [5.74, 6) is 0. The maximum atomic E-state index is 3.99. The molecule has 2 heterocycles. The van der Waals surface area contributed by atoms with E-state index in [4.69, 9.17) is 0 Å². The molecule has 2 aliphatic heterocycles. The highest BCUT2D eigenvalue weighted by atomic mass is 15.3. The Bertz CT molecular complexity index is 205. The molecule has 0 saturated heterocycles. The summed E-state index contributed by atoms with van der Waals surface area (Å²) < 4.78 is 0. The van der Waals surface area contributed by atoms with Crippen LogP contribution in [-0.2, 0) is 0 Å². The lowest BCUT2D eigenvalue weighted by Gasteiger charge is -2.20. The van der Waals surface area contributed by atoms with Crippen LogP contribution in [0, 0.1) is 0 Å². The second kappa shape index (κ2) is 2.09. The Balaban J connectivity index is 2.19. The Kier molecular flexibility index (Phi) is 1.24. The summed E-state index contributed by atoms with van der Waals surface area (Å²) >= 11 is 0. The summed E-state index contributed by atoms with van der Waals surface area (Å²) in [7, 11) is 2.13. The van der Waals surface area contributed by atoms with Crippen LogP contribution >= 0.6 is 0 Å². The highest BCUT2D eigenvalue weighted by Crippen LogP contribution is 2.13. The van der Waals surface area contributed by atoms with Crippen molar-refractivity contribution in [3.8, 4) is 0 Å². The molecule has 1 radical (unpaired) electrons. The van der Waals surface area contributed by atoms with Crippen LogP contribution in [0.3, 0.4) is 0 Å². The van der Waals surface area contributed by atoms with Gasteiger partial charge in [-0.15, -0.1) is 5.43 Å². The fourth-order valence-corrected chi connectivity index (χ4v) is 1.36. The smallest absolute Gasteiger partial charge is 0.281 e. The Hall–Kier alpha value is -0.830. The minimum atomic E-state index is 1.05. The largest absolute Gasteiger partial charge is 0.301 e. The molecule has 53 valence electrons. The van der Waals surface area contributed by atoms with Gasteiger partial charge in [0.05, 0.1) is 11.3 Å². The average molecular weight is 137 g/mol. The van der Waals surface area contributed by atoms with Gasteiger partial charge in [-0.25, -0.2) is 0 Å². The molecule has 0 aromatic rings. The number of hydrogen-bond acceptors (Lipinski definition) is 3. The van der Waals surface area contributed by atoms with E-state index in [2.05, 4.69) is 22.5 Å². The van der Waals surface area contributed by atoms with Crippen molar-refractivity contribution in [1.82, 2.24) is 15.4 Å². The zero-order valence-corrected chi connectivity index (χ0v) is 6.09. The average Bonchev–Trinajstić information content (AvgIpc) is 2.33. The van der Waals surface area contributed by atoms with Crippen molar-refractivity contribution in [2.45, 2.75) is 6.42 Å². The van der Waals surface area contributed by atoms with Gasteiger partial charge in [0.15, 0.2) is 5.10 Å². The molecule has 2 rings (SSSR count). The van der Waals surface area contributed by atoms with Crippen molar-refractivity contribution in [3.63, 3.8) is 0 Å². The Morgan fingerprint density at radius 1 is 1.70 bits per heavy atom. The van der Waals surface area contributed by atoms with Crippen LogP contribution in [0.2, 0.25) is 0 Å². The van der Waals surface area contributed by atoms with Gasteiger partial charge in [-0.1, -0.05) is 0 Å². The van der Waals surface area contributed by atoms with Crippen molar-refractivity contribution in [3.05, 3.63) is 11.3 Å². The topological polar surface area (TPSA) is 29.4 Å². The van der Waals surface area contributed by atoms with Crippen LogP contribution in [0.25, 0.3) is 0 Å². The van der Waals surface area contributed by atoms with Gasteiger partial charge in [0, 0.05) is 19.5 Å². The molecule has 0 saturated carbocycles. The molecule has 0 spiro atoms. The predicted octanol–water partition coefficient (Wildman–Crippen LogP) is -0.499. The quantitative estimate of drug-likeness (QED) is 0.488. The summed E-state index contributed by atoms with van der Waals surface area (Å²) in [4.78, 5) is 2.30. The highest BCUT2D eigenvalue weighted by Gasteiger charge is 2.24. The van der Waals surface area contributed by atoms with Crippen LogP contribution in [0.5, 0.6) is 0 Å². The molecule has 3 nitrogen and oxygen atoms in total. The molecule has 0 fully saturated rings. The standard InChI is InChI=1S/C7H11N3/c1-10-3-2-7-6(5-10)4-8-9-7/h4,9H,2-3,5H2,1H3/q+1. The van der Waals surface area contributed by atoms with Crippen LogP contribution in [0.15, 0.2) is 11.3 Å². The van der Waals surface area contributed by atoms with Gasteiger partial charge in [0.25, 0.3) is 6.21 Å². The number of likely N-dealkylation sites (N-methyl/N-ethyl adjacent to an activating group) is 1. The minimum absolute atomic E-state index is 1.05. The Morgan fingerprint density at radius 2 is 2.60 bits per heavy atom. The highest BCUT2D eigenvalue weighted by molar-refractivity contribution is 5.81. The van der Waals surface area contributed by atoms with Crippen LogP contribution < -0.4 is 10.5 Å². The molecule has 2 aliphatic rings. The number of nitrogens with one attached hydrogen (secondary N) is 1. The maximum absolute atomic E-state index is 3.99. The SMILES string of the molecule is CN1CCC2=C(C=[N+]N2)C1. The van der Waals surface area contributed by atoms with Crippen LogP contribution in [0.1, 0.15) is 6.42 Å². The van der Waals surface area contributed by atoms with Gasteiger partial charge in [0.2, 0.25) is 0 Å². The zero-order valence-electron chi connectivity index (χ0n) is 6.09. The third kappa shape index (κ3) is 0.827. The lowest BCUT2D eigenvalue weighted by molar-refractivity contribution is 0.350. The third-order valence-corrected chi connectivity index (χ3v) is 1.99. The summed E-state index contributed by atoms with van der Waals surface area (Å²) in [6, 6.07) is 0. The van der Waals surface area contributed by atoms with Crippen LogP contribution in [-0.4, -0.2) is 31.3 Å². The summed E-state index contributed by atoms with van der Waals surface area (Å²) in [5.41, 5.74) is 5.67. The molecule has 0 atom stereocenters. The molecule has 0 aromatic heterocycles. The second-order valence-electron chi connectivity index (χ2n) is 2.86. The fourth-order valence-electron chi connectivity index (χ4n) is 1.36. The number of nitrogens with zero attached hydrogens (tertiary/aromatic N) is 2. The first-order chi connectivity index (χ1) is 4.86. The normalized spacial score (nSPS) is 24.9. The Labute approximate surface area is 60.4 Å². The van der Waals surface area contributed by atoms with E-state index >= 15 is 0 Å². The van der Waals surface area contributed by atoms with E-state index in [-0.39, 0.29) is 0 Å². The van der Waals surface area contributed by atoms with Gasteiger partial charge in [-0.05, 0) is 7.05 Å². The first-order valence-corrected chi connectivity index (χ1v) is 3.56. The zero-order chi connectivity index (χ0) is 6.97. The second-order valence-corrected chi connectivity index (χ2v) is 2.86. The van der Waals surface area contributed by atoms with Crippen molar-refractivity contribution < 1.29 is 0 Å². The van der Waals surface area contributed by atoms with Gasteiger partial charge in [-0.3, -0.25) is 0 Å². The van der Waals surface area contributed by atoms with E-state index in [0.29, 0.717) is 0 Å². The number of hydrazone groups is 1. The van der Waals surface area contributed by atoms with Crippen LogP contribution in [0.4, 0.5) is 0 Å². The molecule has 0 bridgehead atoms. The first-order valence-electron chi connectivity index (χ1n) is 3.56. The number of hydrogen-bond donors (Lipinski definition) is 1. The predicted molar refractivity (Wildman–Crippen MR) is 40.5 cm³/mol. The van der Waals surface area contributed by atoms with E-state index in [0.717, 1.165) is 19.5 Å². The monoisotopic (exact) mass is 137 g/mol. The number of rotatable bonds is 0. The molecule has 1 N–H and O–H groups in total. The van der Waals surface area contributed by atoms with E-state index in [9.17, 15) is 0 Å². The van der Waals surface area contributed by atoms with E-state index in [1.165, 1.54) is 11.3 Å². The summed E-state index contributed by atoms with van der Waals surface area (Å²) in [6.45, 7) is 2.20. The maximum Gasteiger partial charge on any atom is 0.281 e. The molecule has 0 amide bonds.